The monoisotopic (exact) mass is 271 g/mol. The average Bonchev–Trinajstić information content (AvgIpc) is 2.52. The van der Waals surface area contributed by atoms with E-state index >= 15 is 0 Å². The summed E-state index contributed by atoms with van der Waals surface area (Å²) in [5.74, 6) is -0.0854. The van der Waals surface area contributed by atoms with Gasteiger partial charge in [-0.2, -0.15) is 0 Å². The SMILES string of the molecule is CCC(CC)(CN)NC(=O)c1ccnc2ccccc12. The molecule has 1 aromatic carbocycles. The van der Waals surface area contributed by atoms with Crippen LogP contribution < -0.4 is 11.1 Å². The molecule has 0 saturated heterocycles. The van der Waals surface area contributed by atoms with E-state index < -0.39 is 0 Å². The molecule has 4 nitrogen and oxygen atoms in total. The quantitative estimate of drug-likeness (QED) is 0.878. The maximum absolute atomic E-state index is 12.6. The number of hydrogen-bond acceptors (Lipinski definition) is 3. The first kappa shape index (κ1) is 14.5. The van der Waals surface area contributed by atoms with Crippen LogP contribution in [0, 0.1) is 0 Å². The van der Waals surface area contributed by atoms with Gasteiger partial charge in [-0.3, -0.25) is 9.78 Å². The molecule has 2 rings (SSSR count). The van der Waals surface area contributed by atoms with Crippen LogP contribution in [0.3, 0.4) is 0 Å². The number of fused-ring (bicyclic) bond motifs is 1. The second kappa shape index (κ2) is 6.01. The minimum atomic E-state index is -0.332. The molecule has 4 heteroatoms. The second-order valence-corrected chi connectivity index (χ2v) is 5.02. The van der Waals surface area contributed by atoms with Gasteiger partial charge in [0.05, 0.1) is 16.6 Å². The molecule has 0 aliphatic carbocycles. The normalized spacial score (nSPS) is 11.6. The Morgan fingerprint density at radius 3 is 2.60 bits per heavy atom. The number of nitrogens with one attached hydrogen (secondary N) is 1. The highest BCUT2D eigenvalue weighted by Gasteiger charge is 2.27. The molecule has 0 radical (unpaired) electrons. The predicted octanol–water partition coefficient (Wildman–Crippen LogP) is 2.48. The van der Waals surface area contributed by atoms with Gasteiger partial charge in [-0.1, -0.05) is 32.0 Å². The fourth-order valence-electron chi connectivity index (χ4n) is 2.37. The van der Waals surface area contributed by atoms with Gasteiger partial charge in [-0.05, 0) is 25.0 Å². The molecule has 0 aliphatic heterocycles. The molecule has 20 heavy (non-hydrogen) atoms. The molecule has 0 spiro atoms. The van der Waals surface area contributed by atoms with Crippen molar-refractivity contribution in [3.05, 3.63) is 42.1 Å². The lowest BCUT2D eigenvalue weighted by molar-refractivity contribution is 0.0897. The van der Waals surface area contributed by atoms with E-state index in [1.807, 2.05) is 38.1 Å². The van der Waals surface area contributed by atoms with Crippen molar-refractivity contribution >= 4 is 16.8 Å². The third-order valence-corrected chi connectivity index (χ3v) is 4.02. The molecule has 2 aromatic rings. The molecule has 0 bridgehead atoms. The number of amides is 1. The van der Waals surface area contributed by atoms with E-state index in [9.17, 15) is 4.79 Å². The molecule has 3 N–H and O–H groups in total. The highest BCUT2D eigenvalue weighted by Crippen LogP contribution is 2.19. The Morgan fingerprint density at radius 1 is 1.25 bits per heavy atom. The van der Waals surface area contributed by atoms with Gasteiger partial charge in [0, 0.05) is 18.1 Å². The van der Waals surface area contributed by atoms with Crippen LogP contribution in [0.4, 0.5) is 0 Å². The Kier molecular flexibility index (Phi) is 4.35. The molecule has 1 aromatic heterocycles. The van der Waals surface area contributed by atoms with Gasteiger partial charge < -0.3 is 11.1 Å². The van der Waals surface area contributed by atoms with Crippen molar-refractivity contribution in [1.82, 2.24) is 10.3 Å². The average molecular weight is 271 g/mol. The minimum absolute atomic E-state index is 0.0854. The summed E-state index contributed by atoms with van der Waals surface area (Å²) in [7, 11) is 0. The van der Waals surface area contributed by atoms with Gasteiger partial charge in [-0.25, -0.2) is 0 Å². The number of carbonyl (C=O) groups is 1. The summed E-state index contributed by atoms with van der Waals surface area (Å²) in [5, 5.41) is 3.96. The van der Waals surface area contributed by atoms with E-state index in [1.54, 1.807) is 12.3 Å². The maximum atomic E-state index is 12.6. The van der Waals surface area contributed by atoms with Crippen molar-refractivity contribution in [3.8, 4) is 0 Å². The van der Waals surface area contributed by atoms with Gasteiger partial charge in [0.15, 0.2) is 0 Å². The van der Waals surface area contributed by atoms with Gasteiger partial charge in [-0.15, -0.1) is 0 Å². The Balaban J connectivity index is 2.37. The summed E-state index contributed by atoms with van der Waals surface area (Å²) in [4.78, 5) is 16.8. The highest BCUT2D eigenvalue weighted by atomic mass is 16.1. The summed E-state index contributed by atoms with van der Waals surface area (Å²) in [6.45, 7) is 4.53. The van der Waals surface area contributed by atoms with Crippen LogP contribution >= 0.6 is 0 Å². The zero-order valence-electron chi connectivity index (χ0n) is 12.0. The molecule has 1 amide bonds. The van der Waals surface area contributed by atoms with Gasteiger partial charge in [0.25, 0.3) is 5.91 Å². The highest BCUT2D eigenvalue weighted by molar-refractivity contribution is 6.06. The molecular formula is C16H21N3O. The topological polar surface area (TPSA) is 68.0 Å². The summed E-state index contributed by atoms with van der Waals surface area (Å²) < 4.78 is 0. The fourth-order valence-corrected chi connectivity index (χ4v) is 2.37. The Morgan fingerprint density at radius 2 is 1.95 bits per heavy atom. The van der Waals surface area contributed by atoms with Crippen molar-refractivity contribution in [3.63, 3.8) is 0 Å². The number of hydrogen-bond donors (Lipinski definition) is 2. The van der Waals surface area contributed by atoms with E-state index in [0.29, 0.717) is 12.1 Å². The molecule has 106 valence electrons. The van der Waals surface area contributed by atoms with E-state index in [1.165, 1.54) is 0 Å². The molecule has 0 unspecified atom stereocenters. The van der Waals surface area contributed by atoms with E-state index in [0.717, 1.165) is 23.7 Å². The van der Waals surface area contributed by atoms with Crippen molar-refractivity contribution in [2.24, 2.45) is 5.73 Å². The third kappa shape index (κ3) is 2.65. The lowest BCUT2D eigenvalue weighted by atomic mass is 9.92. The summed E-state index contributed by atoms with van der Waals surface area (Å²) in [6, 6.07) is 9.40. The predicted molar refractivity (Wildman–Crippen MR) is 81.6 cm³/mol. The van der Waals surface area contributed by atoms with Crippen molar-refractivity contribution in [1.29, 1.82) is 0 Å². The second-order valence-electron chi connectivity index (χ2n) is 5.02. The number of pyridine rings is 1. The van der Waals surface area contributed by atoms with Crippen LogP contribution in [0.25, 0.3) is 10.9 Å². The minimum Gasteiger partial charge on any atom is -0.345 e. The van der Waals surface area contributed by atoms with E-state index in [-0.39, 0.29) is 11.4 Å². The summed E-state index contributed by atoms with van der Waals surface area (Å²) >= 11 is 0. The number of nitrogens with two attached hydrogens (primary N) is 1. The standard InChI is InChI=1S/C16H21N3O/c1-3-16(4-2,11-17)19-15(20)13-9-10-18-14-8-6-5-7-12(13)14/h5-10H,3-4,11,17H2,1-2H3,(H,19,20). The number of nitrogens with zero attached hydrogens (tertiary/aromatic N) is 1. The van der Waals surface area contributed by atoms with E-state index in [2.05, 4.69) is 10.3 Å². The Labute approximate surface area is 119 Å². The molecular weight excluding hydrogens is 250 g/mol. The number of benzene rings is 1. The molecule has 0 aliphatic rings. The zero-order valence-corrected chi connectivity index (χ0v) is 12.0. The van der Waals surface area contributed by atoms with Crippen molar-refractivity contribution < 1.29 is 4.79 Å². The summed E-state index contributed by atoms with van der Waals surface area (Å²) in [5.41, 5.74) is 6.98. The van der Waals surface area contributed by atoms with Gasteiger partial charge in [0.2, 0.25) is 0 Å². The maximum Gasteiger partial charge on any atom is 0.252 e. The Hall–Kier alpha value is -1.94. The van der Waals surface area contributed by atoms with Crippen LogP contribution in [0.5, 0.6) is 0 Å². The van der Waals surface area contributed by atoms with Crippen molar-refractivity contribution in [2.45, 2.75) is 32.2 Å². The molecule has 0 atom stereocenters. The van der Waals surface area contributed by atoms with Crippen LogP contribution in [0.1, 0.15) is 37.0 Å². The molecule has 1 heterocycles. The lowest BCUT2D eigenvalue weighted by Crippen LogP contribution is -2.52. The van der Waals surface area contributed by atoms with E-state index in [4.69, 9.17) is 5.73 Å². The Bertz CT molecular complexity index is 592. The molecule has 0 fully saturated rings. The number of aromatic nitrogens is 1. The van der Waals surface area contributed by atoms with Crippen LogP contribution in [0.15, 0.2) is 36.5 Å². The first-order valence-electron chi connectivity index (χ1n) is 7.02. The van der Waals surface area contributed by atoms with Crippen LogP contribution in [-0.4, -0.2) is 23.0 Å². The van der Waals surface area contributed by atoms with Crippen molar-refractivity contribution in [2.75, 3.05) is 6.54 Å². The number of carbonyl (C=O) groups excluding carboxylic acids is 1. The number of para-hydroxylation sites is 1. The molecule has 0 saturated carbocycles. The van der Waals surface area contributed by atoms with Crippen LogP contribution in [0.2, 0.25) is 0 Å². The smallest absolute Gasteiger partial charge is 0.252 e. The first-order chi connectivity index (χ1) is 9.65. The zero-order chi connectivity index (χ0) is 14.6. The lowest BCUT2D eigenvalue weighted by Gasteiger charge is -2.31. The van der Waals surface area contributed by atoms with Gasteiger partial charge in [0.1, 0.15) is 0 Å². The largest absolute Gasteiger partial charge is 0.345 e. The van der Waals surface area contributed by atoms with Crippen LogP contribution in [-0.2, 0) is 0 Å². The summed E-state index contributed by atoms with van der Waals surface area (Å²) in [6.07, 6.45) is 3.29. The number of rotatable bonds is 5. The van der Waals surface area contributed by atoms with Gasteiger partial charge >= 0.3 is 0 Å². The fraction of sp³-hybridized carbons (Fsp3) is 0.375. The first-order valence-corrected chi connectivity index (χ1v) is 7.02. The third-order valence-electron chi connectivity index (χ3n) is 4.02.